The second-order valence-corrected chi connectivity index (χ2v) is 10.7. The predicted molar refractivity (Wildman–Crippen MR) is 136 cm³/mol. The average Bonchev–Trinajstić information content (AvgIpc) is 3.46. The van der Waals surface area contributed by atoms with Crippen molar-refractivity contribution in [3.63, 3.8) is 0 Å². The lowest BCUT2D eigenvalue weighted by molar-refractivity contribution is -0.144. The van der Waals surface area contributed by atoms with Gasteiger partial charge >= 0.3 is 6.09 Å². The van der Waals surface area contributed by atoms with E-state index in [9.17, 15) is 19.5 Å². The van der Waals surface area contributed by atoms with Gasteiger partial charge in [0, 0.05) is 12.6 Å². The number of ether oxygens (including phenoxy) is 1. The molecule has 35 heavy (non-hydrogen) atoms. The van der Waals surface area contributed by atoms with Gasteiger partial charge in [0.25, 0.3) is 0 Å². The number of aryl methyl sites for hydroxylation is 2. The van der Waals surface area contributed by atoms with Crippen molar-refractivity contribution < 1.29 is 24.2 Å². The van der Waals surface area contributed by atoms with Crippen molar-refractivity contribution in [1.29, 1.82) is 0 Å². The summed E-state index contributed by atoms with van der Waals surface area (Å²) in [7, 11) is 0. The van der Waals surface area contributed by atoms with Crippen molar-refractivity contribution in [2.45, 2.75) is 97.9 Å². The van der Waals surface area contributed by atoms with Crippen molar-refractivity contribution in [2.75, 3.05) is 13.2 Å². The minimum absolute atomic E-state index is 0.163. The van der Waals surface area contributed by atoms with Crippen LogP contribution in [0.5, 0.6) is 0 Å². The second-order valence-electron chi connectivity index (χ2n) is 10.7. The van der Waals surface area contributed by atoms with Crippen molar-refractivity contribution in [1.82, 2.24) is 15.5 Å². The summed E-state index contributed by atoms with van der Waals surface area (Å²) < 4.78 is 5.29. The predicted octanol–water partition coefficient (Wildman–Crippen LogP) is 3.77. The summed E-state index contributed by atoms with van der Waals surface area (Å²) in [5, 5.41) is 15.5. The molecule has 0 aromatic heterocycles. The normalized spacial score (nSPS) is 18.9. The molecule has 8 heteroatoms. The van der Waals surface area contributed by atoms with Crippen LogP contribution in [-0.4, -0.2) is 58.8 Å². The largest absolute Gasteiger partial charge is 0.444 e. The van der Waals surface area contributed by atoms with Crippen LogP contribution in [0, 0.1) is 19.8 Å². The molecule has 1 aromatic carbocycles. The van der Waals surface area contributed by atoms with Crippen LogP contribution < -0.4 is 10.6 Å². The third-order valence-electron chi connectivity index (χ3n) is 6.02. The van der Waals surface area contributed by atoms with Gasteiger partial charge in [-0.05, 0) is 58.9 Å². The first-order valence-corrected chi connectivity index (χ1v) is 12.7. The lowest BCUT2D eigenvalue weighted by atomic mass is 9.98. The Balaban J connectivity index is 2.41. The molecule has 1 saturated carbocycles. The third kappa shape index (κ3) is 8.53. The molecule has 0 heterocycles. The molecule has 1 aromatic rings. The smallest absolute Gasteiger partial charge is 0.408 e. The van der Waals surface area contributed by atoms with Gasteiger partial charge in [0.2, 0.25) is 11.8 Å². The molecule has 196 valence electrons. The summed E-state index contributed by atoms with van der Waals surface area (Å²) >= 11 is 0. The number of unbranched alkanes of at least 4 members (excludes halogenated alkanes) is 2. The van der Waals surface area contributed by atoms with Gasteiger partial charge in [0.1, 0.15) is 17.7 Å². The molecule has 3 N–H and O–H groups in total. The fraction of sp³-hybridized carbons (Fsp3) is 0.667. The Morgan fingerprint density at radius 2 is 1.74 bits per heavy atom. The SMILES string of the molecule is CCCCCNC(=O)C(c1cc(C)cc(C)c1)N(C(=O)C(CO)NC(=O)OC(C)(C)C)C1CC1C. The van der Waals surface area contributed by atoms with Crippen molar-refractivity contribution in [2.24, 2.45) is 5.92 Å². The molecule has 0 radical (unpaired) electrons. The van der Waals surface area contributed by atoms with E-state index in [4.69, 9.17) is 4.74 Å². The van der Waals surface area contributed by atoms with Gasteiger partial charge in [-0.25, -0.2) is 4.79 Å². The first-order valence-electron chi connectivity index (χ1n) is 12.7. The Labute approximate surface area is 209 Å². The maximum atomic E-state index is 13.8. The number of hydrogen-bond acceptors (Lipinski definition) is 5. The quantitative estimate of drug-likeness (QED) is 0.410. The lowest BCUT2D eigenvalue weighted by Gasteiger charge is -2.35. The van der Waals surface area contributed by atoms with E-state index in [1.165, 1.54) is 0 Å². The zero-order valence-corrected chi connectivity index (χ0v) is 22.3. The highest BCUT2D eigenvalue weighted by Gasteiger charge is 2.48. The third-order valence-corrected chi connectivity index (χ3v) is 6.02. The number of carbonyl (C=O) groups excluding carboxylic acids is 3. The average molecular weight is 490 g/mol. The van der Waals surface area contributed by atoms with Crippen LogP contribution in [0.3, 0.4) is 0 Å². The number of amides is 3. The number of benzene rings is 1. The van der Waals surface area contributed by atoms with E-state index in [-0.39, 0.29) is 17.9 Å². The summed E-state index contributed by atoms with van der Waals surface area (Å²) in [4.78, 5) is 41.3. The summed E-state index contributed by atoms with van der Waals surface area (Å²) in [6.45, 7) is 13.1. The fourth-order valence-corrected chi connectivity index (χ4v) is 4.28. The van der Waals surface area contributed by atoms with Crippen molar-refractivity contribution in [3.05, 3.63) is 34.9 Å². The molecule has 3 amide bonds. The number of aliphatic hydroxyl groups is 1. The first-order chi connectivity index (χ1) is 16.4. The van der Waals surface area contributed by atoms with Gasteiger partial charge < -0.3 is 25.4 Å². The van der Waals surface area contributed by atoms with Crippen LogP contribution >= 0.6 is 0 Å². The van der Waals surface area contributed by atoms with Gasteiger partial charge in [-0.2, -0.15) is 0 Å². The number of alkyl carbamates (subject to hydrolysis) is 1. The number of carbonyl (C=O) groups is 3. The molecule has 1 fully saturated rings. The van der Waals surface area contributed by atoms with Crippen molar-refractivity contribution in [3.8, 4) is 0 Å². The Hall–Kier alpha value is -2.61. The minimum Gasteiger partial charge on any atom is -0.444 e. The minimum atomic E-state index is -1.22. The number of aliphatic hydroxyl groups excluding tert-OH is 1. The zero-order valence-electron chi connectivity index (χ0n) is 22.3. The monoisotopic (exact) mass is 489 g/mol. The first kappa shape index (κ1) is 28.6. The van der Waals surface area contributed by atoms with E-state index in [1.807, 2.05) is 39.0 Å². The van der Waals surface area contributed by atoms with Crippen LogP contribution in [0.1, 0.15) is 83.0 Å². The molecule has 4 unspecified atom stereocenters. The topological polar surface area (TPSA) is 108 Å². The van der Waals surface area contributed by atoms with Gasteiger partial charge in [-0.15, -0.1) is 0 Å². The molecular weight excluding hydrogens is 446 g/mol. The van der Waals surface area contributed by atoms with Gasteiger partial charge in [0.05, 0.1) is 6.61 Å². The summed E-state index contributed by atoms with van der Waals surface area (Å²) in [6.07, 6.45) is 2.86. The molecule has 0 aliphatic heterocycles. The maximum absolute atomic E-state index is 13.8. The standard InChI is InChI=1S/C27H43N3O5/c1-8-9-10-11-28-24(32)23(20-13-17(2)12-18(3)14-20)30(22-15-19(22)4)25(33)21(16-31)29-26(34)35-27(5,6)7/h12-14,19,21-23,31H,8-11,15-16H2,1-7H3,(H,28,32)(H,29,34). The number of nitrogens with zero attached hydrogens (tertiary/aromatic N) is 1. The summed E-state index contributed by atoms with van der Waals surface area (Å²) in [6, 6.07) is 3.61. The molecule has 2 rings (SSSR count). The molecular formula is C27H43N3O5. The molecule has 0 spiro atoms. The maximum Gasteiger partial charge on any atom is 0.408 e. The van der Waals surface area contributed by atoms with Gasteiger partial charge in [-0.3, -0.25) is 9.59 Å². The highest BCUT2D eigenvalue weighted by Crippen LogP contribution is 2.41. The van der Waals surface area contributed by atoms with E-state index in [2.05, 4.69) is 17.6 Å². The van der Waals surface area contributed by atoms with Crippen molar-refractivity contribution >= 4 is 17.9 Å². The highest BCUT2D eigenvalue weighted by atomic mass is 16.6. The van der Waals surface area contributed by atoms with E-state index in [0.29, 0.717) is 6.54 Å². The van der Waals surface area contributed by atoms with E-state index in [0.717, 1.165) is 42.4 Å². The number of hydrogen-bond donors (Lipinski definition) is 3. The zero-order chi connectivity index (χ0) is 26.3. The molecule has 1 aliphatic carbocycles. The lowest BCUT2D eigenvalue weighted by Crippen LogP contribution is -2.55. The van der Waals surface area contributed by atoms with Crippen LogP contribution in [0.15, 0.2) is 18.2 Å². The second kappa shape index (κ2) is 12.4. The number of rotatable bonds is 11. The van der Waals surface area contributed by atoms with Gasteiger partial charge in [0.15, 0.2) is 0 Å². The molecule has 1 aliphatic rings. The Morgan fingerprint density at radius 1 is 1.14 bits per heavy atom. The Morgan fingerprint density at radius 3 is 2.23 bits per heavy atom. The van der Waals surface area contributed by atoms with Crippen LogP contribution in [0.2, 0.25) is 0 Å². The van der Waals surface area contributed by atoms with E-state index < -0.39 is 36.3 Å². The van der Waals surface area contributed by atoms with E-state index >= 15 is 0 Å². The Bertz CT molecular complexity index is 875. The fourth-order valence-electron chi connectivity index (χ4n) is 4.28. The molecule has 0 bridgehead atoms. The van der Waals surface area contributed by atoms with Crippen LogP contribution in [0.25, 0.3) is 0 Å². The highest BCUT2D eigenvalue weighted by molar-refractivity contribution is 5.92. The molecule has 8 nitrogen and oxygen atoms in total. The summed E-state index contributed by atoms with van der Waals surface area (Å²) in [5.41, 5.74) is 1.95. The summed E-state index contributed by atoms with van der Waals surface area (Å²) in [5.74, 6) is -0.547. The molecule has 0 saturated heterocycles. The molecule has 4 atom stereocenters. The van der Waals surface area contributed by atoms with Crippen LogP contribution in [0.4, 0.5) is 4.79 Å². The number of nitrogens with one attached hydrogen (secondary N) is 2. The van der Waals surface area contributed by atoms with Gasteiger partial charge in [-0.1, -0.05) is 56.0 Å². The van der Waals surface area contributed by atoms with Crippen LogP contribution in [-0.2, 0) is 14.3 Å². The van der Waals surface area contributed by atoms with E-state index in [1.54, 1.807) is 25.7 Å². The Kier molecular flexibility index (Phi) is 10.1.